The largest absolute Gasteiger partial charge is 0.366 e. The molecule has 4 heterocycles. The van der Waals surface area contributed by atoms with Gasteiger partial charge >= 0.3 is 0 Å². The number of anilines is 2. The number of nitrogens with one attached hydrogen (secondary N) is 2. The Morgan fingerprint density at radius 1 is 1.35 bits per heavy atom. The molecule has 2 N–H and O–H groups in total. The van der Waals surface area contributed by atoms with Gasteiger partial charge in [0.15, 0.2) is 5.82 Å². The quantitative estimate of drug-likeness (QED) is 0.774. The molecule has 86 valence electrons. The van der Waals surface area contributed by atoms with E-state index in [2.05, 4.69) is 37.5 Å². The van der Waals surface area contributed by atoms with Gasteiger partial charge in [-0.3, -0.25) is 5.10 Å². The lowest BCUT2D eigenvalue weighted by atomic mass is 10.2. The van der Waals surface area contributed by atoms with Crippen molar-refractivity contribution in [2.24, 2.45) is 0 Å². The third kappa shape index (κ3) is 1.32. The second-order valence-electron chi connectivity index (χ2n) is 4.63. The molecule has 0 spiro atoms. The average Bonchev–Trinajstić information content (AvgIpc) is 2.99. The molecule has 1 atom stereocenters. The standard InChI is InChI=1S/C12H13N5/c1-2-11-12(15-9-3-4-17(11)7-9)16-10(1)8-5-13-14-6-8/h1-2,5-6,9H,3-4,7H2,(H,13,14)(H,15,16)/t9-/m1/s1. The van der Waals surface area contributed by atoms with Gasteiger partial charge in [0.2, 0.25) is 0 Å². The molecule has 0 aliphatic carbocycles. The molecule has 17 heavy (non-hydrogen) atoms. The van der Waals surface area contributed by atoms with E-state index in [1.165, 1.54) is 12.1 Å². The van der Waals surface area contributed by atoms with Crippen LogP contribution < -0.4 is 10.2 Å². The average molecular weight is 227 g/mol. The lowest BCUT2D eigenvalue weighted by Crippen LogP contribution is -2.32. The zero-order valence-corrected chi connectivity index (χ0v) is 9.35. The number of nitrogens with zero attached hydrogens (tertiary/aromatic N) is 3. The van der Waals surface area contributed by atoms with Crippen molar-refractivity contribution in [1.29, 1.82) is 0 Å². The van der Waals surface area contributed by atoms with Crippen LogP contribution in [-0.4, -0.2) is 34.3 Å². The number of aromatic nitrogens is 3. The van der Waals surface area contributed by atoms with Gasteiger partial charge in [-0.15, -0.1) is 0 Å². The fourth-order valence-electron chi connectivity index (χ4n) is 2.66. The van der Waals surface area contributed by atoms with Crippen LogP contribution in [0.2, 0.25) is 0 Å². The van der Waals surface area contributed by atoms with E-state index in [4.69, 9.17) is 0 Å². The van der Waals surface area contributed by atoms with Crippen LogP contribution in [0.3, 0.4) is 0 Å². The van der Waals surface area contributed by atoms with Crippen LogP contribution in [0.4, 0.5) is 11.5 Å². The third-order valence-electron chi connectivity index (χ3n) is 3.54. The second kappa shape index (κ2) is 3.23. The predicted molar refractivity (Wildman–Crippen MR) is 66.1 cm³/mol. The molecule has 2 aromatic rings. The van der Waals surface area contributed by atoms with Gasteiger partial charge in [0.1, 0.15) is 0 Å². The van der Waals surface area contributed by atoms with Crippen molar-refractivity contribution in [3.63, 3.8) is 0 Å². The molecule has 2 aliphatic heterocycles. The Morgan fingerprint density at radius 3 is 3.24 bits per heavy atom. The summed E-state index contributed by atoms with van der Waals surface area (Å²) in [7, 11) is 0. The van der Waals surface area contributed by atoms with E-state index >= 15 is 0 Å². The summed E-state index contributed by atoms with van der Waals surface area (Å²) in [6.07, 6.45) is 4.87. The first-order valence-electron chi connectivity index (χ1n) is 5.92. The van der Waals surface area contributed by atoms with Gasteiger partial charge in [0.05, 0.1) is 17.6 Å². The van der Waals surface area contributed by atoms with E-state index in [0.29, 0.717) is 6.04 Å². The number of fused-ring (bicyclic) bond motifs is 4. The van der Waals surface area contributed by atoms with E-state index in [-0.39, 0.29) is 0 Å². The summed E-state index contributed by atoms with van der Waals surface area (Å²) < 4.78 is 0. The molecule has 0 unspecified atom stereocenters. The van der Waals surface area contributed by atoms with Crippen molar-refractivity contribution < 1.29 is 0 Å². The highest BCUT2D eigenvalue weighted by atomic mass is 15.3. The Bertz CT molecular complexity index is 548. The Morgan fingerprint density at radius 2 is 2.35 bits per heavy atom. The molecule has 1 fully saturated rings. The minimum absolute atomic E-state index is 0.564. The fourth-order valence-corrected chi connectivity index (χ4v) is 2.66. The molecule has 2 bridgehead atoms. The van der Waals surface area contributed by atoms with Crippen LogP contribution in [0.15, 0.2) is 24.5 Å². The van der Waals surface area contributed by atoms with Crippen LogP contribution in [-0.2, 0) is 0 Å². The van der Waals surface area contributed by atoms with E-state index in [1.807, 2.05) is 6.20 Å². The summed E-state index contributed by atoms with van der Waals surface area (Å²) in [6, 6.07) is 4.78. The molecule has 5 heteroatoms. The number of aromatic amines is 1. The summed E-state index contributed by atoms with van der Waals surface area (Å²) in [5.74, 6) is 1.01. The normalized spacial score (nSPS) is 21.2. The molecule has 0 amide bonds. The minimum atomic E-state index is 0.564. The van der Waals surface area contributed by atoms with Crippen molar-refractivity contribution in [2.75, 3.05) is 23.3 Å². The number of rotatable bonds is 1. The zero-order valence-electron chi connectivity index (χ0n) is 9.35. The Balaban J connectivity index is 1.81. The van der Waals surface area contributed by atoms with Gasteiger partial charge in [-0.2, -0.15) is 5.10 Å². The molecule has 0 radical (unpaired) electrons. The topological polar surface area (TPSA) is 56.8 Å². The van der Waals surface area contributed by atoms with E-state index in [1.54, 1.807) is 6.20 Å². The van der Waals surface area contributed by atoms with Crippen LogP contribution in [0.1, 0.15) is 6.42 Å². The van der Waals surface area contributed by atoms with E-state index in [0.717, 1.165) is 30.2 Å². The number of pyridine rings is 1. The molecule has 0 saturated carbocycles. The first-order valence-corrected chi connectivity index (χ1v) is 5.92. The first kappa shape index (κ1) is 9.04. The van der Waals surface area contributed by atoms with Crippen molar-refractivity contribution in [1.82, 2.24) is 15.2 Å². The molecule has 1 saturated heterocycles. The highest BCUT2D eigenvalue weighted by Crippen LogP contribution is 2.35. The molecular formula is C12H13N5. The van der Waals surface area contributed by atoms with Crippen molar-refractivity contribution >= 4 is 11.5 Å². The lowest BCUT2D eigenvalue weighted by Gasteiger charge is -2.27. The summed E-state index contributed by atoms with van der Waals surface area (Å²) in [5.41, 5.74) is 3.22. The summed E-state index contributed by atoms with van der Waals surface area (Å²) in [6.45, 7) is 2.25. The van der Waals surface area contributed by atoms with Gasteiger partial charge in [0.25, 0.3) is 0 Å². The van der Waals surface area contributed by atoms with Crippen molar-refractivity contribution in [3.05, 3.63) is 24.5 Å². The molecule has 0 aromatic carbocycles. The first-order chi connectivity index (χ1) is 8.40. The fraction of sp³-hybridized carbons (Fsp3) is 0.333. The summed E-state index contributed by atoms with van der Waals surface area (Å²) in [5, 5.41) is 10.3. The minimum Gasteiger partial charge on any atom is -0.366 e. The summed E-state index contributed by atoms with van der Waals surface area (Å²) >= 11 is 0. The highest BCUT2D eigenvalue weighted by molar-refractivity contribution is 5.74. The van der Waals surface area contributed by atoms with Gasteiger partial charge in [-0.25, -0.2) is 4.98 Å². The zero-order chi connectivity index (χ0) is 11.2. The monoisotopic (exact) mass is 227 g/mol. The van der Waals surface area contributed by atoms with Gasteiger partial charge in [0, 0.05) is 30.9 Å². The smallest absolute Gasteiger partial charge is 0.150 e. The maximum Gasteiger partial charge on any atom is 0.150 e. The predicted octanol–water partition coefficient (Wildman–Crippen LogP) is 1.48. The lowest BCUT2D eigenvalue weighted by molar-refractivity contribution is 0.788. The molecule has 5 nitrogen and oxygen atoms in total. The maximum absolute atomic E-state index is 4.68. The van der Waals surface area contributed by atoms with Crippen LogP contribution in [0.5, 0.6) is 0 Å². The van der Waals surface area contributed by atoms with Crippen LogP contribution in [0.25, 0.3) is 11.3 Å². The SMILES string of the molecule is c1n[nH]cc1-c1ccc2c(n1)N[C@@H]1CCN2C1. The number of H-pyrrole nitrogens is 1. The Hall–Kier alpha value is -2.04. The van der Waals surface area contributed by atoms with Crippen LogP contribution in [0, 0.1) is 0 Å². The Labute approximate surface area is 98.9 Å². The van der Waals surface area contributed by atoms with Crippen molar-refractivity contribution in [3.8, 4) is 11.3 Å². The van der Waals surface area contributed by atoms with Gasteiger partial charge in [-0.05, 0) is 18.6 Å². The highest BCUT2D eigenvalue weighted by Gasteiger charge is 2.30. The van der Waals surface area contributed by atoms with Crippen molar-refractivity contribution in [2.45, 2.75) is 12.5 Å². The Kier molecular flexibility index (Phi) is 1.72. The molecule has 2 aliphatic rings. The second-order valence-corrected chi connectivity index (χ2v) is 4.63. The molecule has 4 rings (SSSR count). The van der Waals surface area contributed by atoms with E-state index in [9.17, 15) is 0 Å². The summed E-state index contributed by atoms with van der Waals surface area (Å²) in [4.78, 5) is 7.09. The van der Waals surface area contributed by atoms with Crippen LogP contribution >= 0.6 is 0 Å². The van der Waals surface area contributed by atoms with Gasteiger partial charge < -0.3 is 10.2 Å². The third-order valence-corrected chi connectivity index (χ3v) is 3.54. The maximum atomic E-state index is 4.68. The van der Waals surface area contributed by atoms with Gasteiger partial charge in [-0.1, -0.05) is 0 Å². The molecule has 2 aromatic heterocycles. The molecular weight excluding hydrogens is 214 g/mol. The number of hydrogen-bond donors (Lipinski definition) is 2. The van der Waals surface area contributed by atoms with E-state index < -0.39 is 0 Å². The number of hydrogen-bond acceptors (Lipinski definition) is 4.